The number of rotatable bonds is 54. The van der Waals surface area contributed by atoms with Gasteiger partial charge in [0.25, 0.3) is 0 Å². The molecule has 0 aliphatic carbocycles. The molecule has 9 heteroatoms. The summed E-state index contributed by atoms with van der Waals surface area (Å²) in [5.41, 5.74) is 4.71. The second-order valence-corrected chi connectivity index (χ2v) is 28.3. The maximum Gasteiger partial charge on any atom is 2.00 e. The van der Waals surface area contributed by atoms with E-state index in [0.29, 0.717) is 10.8 Å². The zero-order valence-corrected chi connectivity index (χ0v) is 59.4. The molecule has 4 aromatic carbocycles. The summed E-state index contributed by atoms with van der Waals surface area (Å²) in [4.78, 5) is -0.0732. The monoisotopic (exact) mass is 1240 g/mol. The van der Waals surface area contributed by atoms with Crippen LogP contribution >= 0.6 is 0 Å². The van der Waals surface area contributed by atoms with Crippen LogP contribution in [0, 0.1) is 0 Å². The summed E-state index contributed by atoms with van der Waals surface area (Å²) in [5.74, 6) is 0. The summed E-state index contributed by atoms with van der Waals surface area (Å²) in [7, 11) is -9.04. The third-order valence-corrected chi connectivity index (χ3v) is 19.9. The minimum absolute atomic E-state index is 0. The molecule has 0 spiro atoms. The SMILES string of the molecule is CCCCCCCCCCCCCCc1ccc2cccc(S(=O)(=O)[O-])c2c1CCCCCCCCCCCCCC.CCCCCCCCCCCCCCc1ccc2cccc(S(=O)(=O)[O-])c2c1CCCCCCCCCCCCCC.[Ca+2]. The molecule has 0 bridgehead atoms. The van der Waals surface area contributed by atoms with E-state index in [4.69, 9.17) is 0 Å². The van der Waals surface area contributed by atoms with Crippen LogP contribution < -0.4 is 0 Å². The van der Waals surface area contributed by atoms with Crippen molar-refractivity contribution in [3.8, 4) is 0 Å². The Bertz CT molecular complexity index is 2300. The fourth-order valence-electron chi connectivity index (χ4n) is 13.0. The second kappa shape index (κ2) is 52.1. The van der Waals surface area contributed by atoms with Crippen molar-refractivity contribution >= 4 is 79.5 Å². The minimum atomic E-state index is -4.52. The van der Waals surface area contributed by atoms with Crippen LogP contribution in [-0.2, 0) is 45.9 Å². The van der Waals surface area contributed by atoms with Crippen molar-refractivity contribution in [3.05, 3.63) is 82.9 Å². The molecule has 0 aliphatic rings. The van der Waals surface area contributed by atoms with E-state index in [-0.39, 0.29) is 47.5 Å². The molecule has 0 heterocycles. The normalized spacial score (nSPS) is 11.8. The zero-order valence-electron chi connectivity index (χ0n) is 55.5. The number of fused-ring (bicyclic) bond motifs is 2. The largest absolute Gasteiger partial charge is 2.00 e. The molecule has 0 atom stereocenters. The van der Waals surface area contributed by atoms with Gasteiger partial charge in [0.2, 0.25) is 0 Å². The van der Waals surface area contributed by atoms with Gasteiger partial charge in [-0.3, -0.25) is 0 Å². The Morgan fingerprint density at radius 2 is 0.459 bits per heavy atom. The van der Waals surface area contributed by atoms with Crippen LogP contribution in [0.3, 0.4) is 0 Å². The Labute approximate surface area is 555 Å². The number of hydrogen-bond donors (Lipinski definition) is 0. The minimum Gasteiger partial charge on any atom is -0.744 e. The zero-order chi connectivity index (χ0) is 60.6. The first kappa shape index (κ1) is 79.6. The Morgan fingerprint density at radius 3 is 0.671 bits per heavy atom. The van der Waals surface area contributed by atoms with E-state index in [0.717, 1.165) is 86.1 Å². The predicted molar refractivity (Wildman–Crippen MR) is 369 cm³/mol. The first-order chi connectivity index (χ1) is 41.0. The van der Waals surface area contributed by atoms with Gasteiger partial charge in [-0.05, 0) is 96.5 Å². The van der Waals surface area contributed by atoms with E-state index in [1.165, 1.54) is 293 Å². The first-order valence-electron chi connectivity index (χ1n) is 36.0. The van der Waals surface area contributed by atoms with Crippen molar-refractivity contribution in [1.29, 1.82) is 0 Å². The number of unbranched alkanes of at least 4 members (excludes halogenated alkanes) is 44. The van der Waals surface area contributed by atoms with E-state index < -0.39 is 20.2 Å². The van der Waals surface area contributed by atoms with Crippen LogP contribution in [0.5, 0.6) is 0 Å². The van der Waals surface area contributed by atoms with Crippen LogP contribution in [0.15, 0.2) is 70.5 Å². The van der Waals surface area contributed by atoms with Crippen molar-refractivity contribution in [3.63, 3.8) is 0 Å². The Kier molecular flexibility index (Phi) is 48.8. The summed E-state index contributed by atoms with van der Waals surface area (Å²) >= 11 is 0. The summed E-state index contributed by atoms with van der Waals surface area (Å²) < 4.78 is 73.2. The molecule has 4 aromatic rings. The van der Waals surface area contributed by atoms with Gasteiger partial charge < -0.3 is 9.11 Å². The van der Waals surface area contributed by atoms with Gasteiger partial charge in [-0.1, -0.05) is 359 Å². The molecular formula is C76H126CaO6S2. The molecule has 0 saturated heterocycles. The van der Waals surface area contributed by atoms with Crippen LogP contribution in [0.25, 0.3) is 21.5 Å². The molecule has 85 heavy (non-hydrogen) atoms. The van der Waals surface area contributed by atoms with E-state index in [2.05, 4.69) is 39.8 Å². The molecule has 0 aromatic heterocycles. The van der Waals surface area contributed by atoms with Crippen LogP contribution in [0.2, 0.25) is 0 Å². The summed E-state index contributed by atoms with van der Waals surface area (Å²) in [5, 5.41) is 3.12. The average Bonchev–Trinajstić information content (AvgIpc) is 3.60. The number of aryl methyl sites for hydroxylation is 4. The second-order valence-electron chi connectivity index (χ2n) is 25.6. The van der Waals surface area contributed by atoms with Crippen molar-refractivity contribution in [2.24, 2.45) is 0 Å². The summed E-state index contributed by atoms with van der Waals surface area (Å²) in [6.07, 6.45) is 66.8. The van der Waals surface area contributed by atoms with Crippen molar-refractivity contribution in [2.45, 2.75) is 371 Å². The van der Waals surface area contributed by atoms with Gasteiger partial charge in [-0.2, -0.15) is 0 Å². The van der Waals surface area contributed by atoms with E-state index in [1.54, 1.807) is 12.1 Å². The van der Waals surface area contributed by atoms with Crippen LogP contribution in [-0.4, -0.2) is 63.7 Å². The van der Waals surface area contributed by atoms with Crippen molar-refractivity contribution in [1.82, 2.24) is 0 Å². The molecule has 480 valence electrons. The van der Waals surface area contributed by atoms with Gasteiger partial charge in [0.05, 0.1) is 9.79 Å². The van der Waals surface area contributed by atoms with Gasteiger partial charge in [0, 0.05) is 10.8 Å². The fourth-order valence-corrected chi connectivity index (χ4v) is 14.5. The van der Waals surface area contributed by atoms with Gasteiger partial charge >= 0.3 is 37.7 Å². The standard InChI is InChI=1S/2C38H64O3S.Ca/c2*1-3-5-7-9-11-13-15-17-19-21-23-25-28-34-32-33-35-29-27-31-37(42(39,40)41)38(35)36(34)30-26-24-22-20-18-16-14-12-10-8-6-4-2;/h2*27,29,31-33H,3-26,28,30H2,1-2H3,(H,39,40,41);/q;;+2/p-2. The van der Waals surface area contributed by atoms with Gasteiger partial charge in [-0.25, -0.2) is 16.8 Å². The number of benzene rings is 4. The van der Waals surface area contributed by atoms with Crippen molar-refractivity contribution in [2.75, 3.05) is 0 Å². The Balaban J connectivity index is 0.000000573. The maximum absolute atomic E-state index is 12.2. The molecule has 0 fully saturated rings. The average molecular weight is 1240 g/mol. The smallest absolute Gasteiger partial charge is 0.744 e. The molecule has 0 N–H and O–H groups in total. The van der Waals surface area contributed by atoms with Gasteiger partial charge in [0.1, 0.15) is 20.2 Å². The topological polar surface area (TPSA) is 114 Å². The quantitative estimate of drug-likeness (QED) is 0.0247. The molecule has 0 unspecified atom stereocenters. The van der Waals surface area contributed by atoms with Gasteiger partial charge in [-0.15, -0.1) is 0 Å². The molecule has 0 amide bonds. The Morgan fingerprint density at radius 1 is 0.259 bits per heavy atom. The molecule has 0 saturated carbocycles. The maximum atomic E-state index is 12.2. The summed E-state index contributed by atoms with van der Waals surface area (Å²) in [6, 6.07) is 18.7. The first-order valence-corrected chi connectivity index (χ1v) is 38.8. The van der Waals surface area contributed by atoms with Crippen molar-refractivity contribution < 1.29 is 25.9 Å². The van der Waals surface area contributed by atoms with Crippen LogP contribution in [0.4, 0.5) is 0 Å². The third-order valence-electron chi connectivity index (χ3n) is 18.1. The van der Waals surface area contributed by atoms with Crippen LogP contribution in [0.1, 0.15) is 358 Å². The predicted octanol–water partition coefficient (Wildman–Crippen LogP) is 24.1. The van der Waals surface area contributed by atoms with E-state index in [9.17, 15) is 25.9 Å². The molecule has 6 nitrogen and oxygen atoms in total. The molecule has 0 radical (unpaired) electrons. The van der Waals surface area contributed by atoms with E-state index in [1.807, 2.05) is 24.3 Å². The summed E-state index contributed by atoms with van der Waals surface area (Å²) in [6.45, 7) is 9.08. The Hall–Kier alpha value is -1.52. The van der Waals surface area contributed by atoms with E-state index >= 15 is 0 Å². The third kappa shape index (κ3) is 36.8. The molecule has 4 rings (SSSR count). The van der Waals surface area contributed by atoms with Gasteiger partial charge in [0.15, 0.2) is 0 Å². The molecular weight excluding hydrogens is 1110 g/mol. The number of hydrogen-bond acceptors (Lipinski definition) is 6. The molecule has 0 aliphatic heterocycles. The fraction of sp³-hybridized carbons (Fsp3) is 0.737.